The largest absolute Gasteiger partial charge is 0.481 e. The van der Waals surface area contributed by atoms with Crippen LogP contribution in [0, 0.1) is 5.92 Å². The van der Waals surface area contributed by atoms with Gasteiger partial charge in [0.1, 0.15) is 0 Å². The van der Waals surface area contributed by atoms with Crippen LogP contribution < -0.4 is 0 Å². The van der Waals surface area contributed by atoms with Crippen LogP contribution in [-0.4, -0.2) is 36.1 Å². The Morgan fingerprint density at radius 3 is 2.46 bits per heavy atom. The van der Waals surface area contributed by atoms with Gasteiger partial charge in [0.15, 0.2) is 0 Å². The lowest BCUT2D eigenvalue weighted by Gasteiger charge is -2.15. The Balaban J connectivity index is 3.30. The van der Waals surface area contributed by atoms with Gasteiger partial charge in [0.2, 0.25) is 0 Å². The molecule has 0 aliphatic carbocycles. The predicted molar refractivity (Wildman–Crippen MR) is 53.8 cm³/mol. The fraction of sp³-hybridized carbons (Fsp3) is 0.900. The molecule has 0 spiro atoms. The summed E-state index contributed by atoms with van der Waals surface area (Å²) in [6, 6.07) is 0. The molecule has 3 heteroatoms. The van der Waals surface area contributed by atoms with E-state index in [-0.39, 0.29) is 6.42 Å². The predicted octanol–water partition coefficient (Wildman–Crippen LogP) is 1.83. The fourth-order valence-corrected chi connectivity index (χ4v) is 1.17. The molecule has 1 N–H and O–H groups in total. The summed E-state index contributed by atoms with van der Waals surface area (Å²) in [5, 5.41) is 8.45. The fourth-order valence-electron chi connectivity index (χ4n) is 1.17. The highest BCUT2D eigenvalue weighted by Crippen LogP contribution is 2.04. The first-order valence-corrected chi connectivity index (χ1v) is 4.92. The zero-order valence-corrected chi connectivity index (χ0v) is 8.92. The first-order chi connectivity index (χ1) is 6.02. The minimum atomic E-state index is -0.712. The van der Waals surface area contributed by atoms with Crippen LogP contribution in [0.25, 0.3) is 0 Å². The SMILES string of the molecule is CC(C)CCCN(C)CCC(=O)O. The Kier molecular flexibility index (Phi) is 6.59. The standard InChI is InChI=1S/C10H21NO2/c1-9(2)5-4-7-11(3)8-6-10(12)13/h9H,4-8H2,1-3H3,(H,12,13). The molecule has 0 heterocycles. The van der Waals surface area contributed by atoms with Gasteiger partial charge in [0, 0.05) is 6.54 Å². The zero-order chi connectivity index (χ0) is 10.3. The summed E-state index contributed by atoms with van der Waals surface area (Å²) >= 11 is 0. The highest BCUT2D eigenvalue weighted by molar-refractivity contribution is 5.66. The molecule has 0 bridgehead atoms. The maximum absolute atomic E-state index is 10.3. The molecule has 0 fully saturated rings. The third kappa shape index (κ3) is 9.34. The molecule has 0 unspecified atom stereocenters. The Hall–Kier alpha value is -0.570. The van der Waals surface area contributed by atoms with Gasteiger partial charge < -0.3 is 10.0 Å². The van der Waals surface area contributed by atoms with Crippen LogP contribution >= 0.6 is 0 Å². The van der Waals surface area contributed by atoms with Crippen LogP contribution in [0.4, 0.5) is 0 Å². The summed E-state index contributed by atoms with van der Waals surface area (Å²) in [5.74, 6) is 0.0311. The van der Waals surface area contributed by atoms with Crippen LogP contribution in [-0.2, 0) is 4.79 Å². The Bertz CT molecular complexity index is 146. The van der Waals surface area contributed by atoms with Gasteiger partial charge in [-0.1, -0.05) is 13.8 Å². The van der Waals surface area contributed by atoms with Crippen LogP contribution in [0.15, 0.2) is 0 Å². The number of rotatable bonds is 7. The number of carboxylic acid groups (broad SMARTS) is 1. The van der Waals surface area contributed by atoms with Gasteiger partial charge in [0.25, 0.3) is 0 Å². The van der Waals surface area contributed by atoms with Gasteiger partial charge >= 0.3 is 5.97 Å². The summed E-state index contributed by atoms with van der Waals surface area (Å²) in [7, 11) is 1.98. The van der Waals surface area contributed by atoms with Gasteiger partial charge in [-0.2, -0.15) is 0 Å². The number of hydrogen-bond donors (Lipinski definition) is 1. The lowest BCUT2D eigenvalue weighted by molar-refractivity contribution is -0.137. The monoisotopic (exact) mass is 187 g/mol. The maximum Gasteiger partial charge on any atom is 0.304 e. The van der Waals surface area contributed by atoms with E-state index in [0.717, 1.165) is 18.9 Å². The minimum Gasteiger partial charge on any atom is -0.481 e. The van der Waals surface area contributed by atoms with Crippen molar-refractivity contribution in [2.24, 2.45) is 5.92 Å². The van der Waals surface area contributed by atoms with Gasteiger partial charge in [-0.15, -0.1) is 0 Å². The molecule has 0 aliphatic rings. The van der Waals surface area contributed by atoms with E-state index in [1.807, 2.05) is 7.05 Å². The Labute approximate surface area is 80.7 Å². The van der Waals surface area contributed by atoms with Crippen molar-refractivity contribution in [1.82, 2.24) is 4.90 Å². The van der Waals surface area contributed by atoms with Crippen LogP contribution in [0.2, 0.25) is 0 Å². The second-order valence-electron chi connectivity index (χ2n) is 3.98. The van der Waals surface area contributed by atoms with E-state index in [4.69, 9.17) is 5.11 Å². The summed E-state index contributed by atoms with van der Waals surface area (Å²) < 4.78 is 0. The lowest BCUT2D eigenvalue weighted by atomic mass is 10.1. The van der Waals surface area contributed by atoms with E-state index in [2.05, 4.69) is 18.7 Å². The smallest absolute Gasteiger partial charge is 0.304 e. The summed E-state index contributed by atoms with van der Waals surface area (Å²) in [6.45, 7) is 6.08. The number of carbonyl (C=O) groups is 1. The quantitative estimate of drug-likeness (QED) is 0.661. The van der Waals surface area contributed by atoms with E-state index in [9.17, 15) is 4.79 Å². The molecular formula is C10H21NO2. The maximum atomic E-state index is 10.3. The van der Waals surface area contributed by atoms with Crippen molar-refractivity contribution in [3.63, 3.8) is 0 Å². The number of hydrogen-bond acceptors (Lipinski definition) is 2. The molecule has 0 rings (SSSR count). The third-order valence-electron chi connectivity index (χ3n) is 2.03. The van der Waals surface area contributed by atoms with E-state index in [1.165, 1.54) is 6.42 Å². The number of carboxylic acids is 1. The second kappa shape index (κ2) is 6.89. The zero-order valence-electron chi connectivity index (χ0n) is 8.92. The molecule has 13 heavy (non-hydrogen) atoms. The second-order valence-corrected chi connectivity index (χ2v) is 3.98. The van der Waals surface area contributed by atoms with E-state index in [1.54, 1.807) is 0 Å². The molecule has 0 radical (unpaired) electrons. The molecule has 0 saturated carbocycles. The molecule has 0 aromatic rings. The van der Waals surface area contributed by atoms with Crippen molar-refractivity contribution >= 4 is 5.97 Å². The summed E-state index contributed by atoms with van der Waals surface area (Å²) in [5.41, 5.74) is 0. The molecule has 0 aromatic heterocycles. The molecule has 0 atom stereocenters. The normalized spacial score (nSPS) is 11.2. The molecule has 0 aliphatic heterocycles. The molecule has 0 saturated heterocycles. The average molecular weight is 187 g/mol. The van der Waals surface area contributed by atoms with Crippen LogP contribution in [0.1, 0.15) is 33.1 Å². The minimum absolute atomic E-state index is 0.248. The highest BCUT2D eigenvalue weighted by Gasteiger charge is 2.02. The van der Waals surface area contributed by atoms with Crippen molar-refractivity contribution in [3.8, 4) is 0 Å². The highest BCUT2D eigenvalue weighted by atomic mass is 16.4. The van der Waals surface area contributed by atoms with Crippen molar-refractivity contribution in [2.45, 2.75) is 33.1 Å². The van der Waals surface area contributed by atoms with Gasteiger partial charge in [0.05, 0.1) is 6.42 Å². The topological polar surface area (TPSA) is 40.5 Å². The van der Waals surface area contributed by atoms with Crippen molar-refractivity contribution < 1.29 is 9.90 Å². The molecule has 3 nitrogen and oxygen atoms in total. The molecule has 0 amide bonds. The first kappa shape index (κ1) is 12.4. The number of nitrogens with zero attached hydrogens (tertiary/aromatic N) is 1. The lowest BCUT2D eigenvalue weighted by Crippen LogP contribution is -2.23. The molecule has 78 valence electrons. The average Bonchev–Trinajstić information content (AvgIpc) is 2.00. The van der Waals surface area contributed by atoms with Crippen molar-refractivity contribution in [1.29, 1.82) is 0 Å². The van der Waals surface area contributed by atoms with Crippen LogP contribution in [0.3, 0.4) is 0 Å². The van der Waals surface area contributed by atoms with Gasteiger partial charge in [-0.05, 0) is 32.4 Å². The van der Waals surface area contributed by atoms with Crippen LogP contribution in [0.5, 0.6) is 0 Å². The van der Waals surface area contributed by atoms with E-state index < -0.39 is 5.97 Å². The van der Waals surface area contributed by atoms with Gasteiger partial charge in [-0.25, -0.2) is 0 Å². The first-order valence-electron chi connectivity index (χ1n) is 4.92. The Morgan fingerprint density at radius 2 is 2.00 bits per heavy atom. The molecule has 0 aromatic carbocycles. The third-order valence-corrected chi connectivity index (χ3v) is 2.03. The van der Waals surface area contributed by atoms with E-state index in [0.29, 0.717) is 6.54 Å². The Morgan fingerprint density at radius 1 is 1.38 bits per heavy atom. The van der Waals surface area contributed by atoms with Crippen molar-refractivity contribution in [2.75, 3.05) is 20.1 Å². The number of aliphatic carboxylic acids is 1. The van der Waals surface area contributed by atoms with Crippen molar-refractivity contribution in [3.05, 3.63) is 0 Å². The van der Waals surface area contributed by atoms with Gasteiger partial charge in [-0.3, -0.25) is 4.79 Å². The summed E-state index contributed by atoms with van der Waals surface area (Å²) in [4.78, 5) is 12.3. The summed E-state index contributed by atoms with van der Waals surface area (Å²) in [6.07, 6.45) is 2.63. The molecular weight excluding hydrogens is 166 g/mol. The van der Waals surface area contributed by atoms with E-state index >= 15 is 0 Å².